The van der Waals surface area contributed by atoms with Gasteiger partial charge in [-0.15, -0.1) is 0 Å². The van der Waals surface area contributed by atoms with Gasteiger partial charge in [0.1, 0.15) is 12.2 Å². The minimum absolute atomic E-state index is 0.560. The highest BCUT2D eigenvalue weighted by molar-refractivity contribution is 6.31. The highest BCUT2D eigenvalue weighted by Crippen LogP contribution is 2.24. The van der Waals surface area contributed by atoms with Gasteiger partial charge in [0.15, 0.2) is 6.29 Å². The molecule has 5 nitrogen and oxygen atoms in total. The van der Waals surface area contributed by atoms with Crippen LogP contribution in [-0.2, 0) is 13.1 Å². The number of hydrogen-bond donors (Lipinski definition) is 0. The van der Waals surface area contributed by atoms with Crippen LogP contribution in [-0.4, -0.2) is 25.6 Å². The van der Waals surface area contributed by atoms with Gasteiger partial charge in [-0.1, -0.05) is 24.6 Å². The molecule has 108 valence electrons. The number of rotatable bonds is 5. The number of aryl methyl sites for hydroxylation is 1. The molecule has 0 spiro atoms. The number of fused-ring (bicyclic) bond motifs is 1. The number of halogens is 1. The molecule has 0 atom stereocenters. The lowest BCUT2D eigenvalue weighted by molar-refractivity contribution is 0.112. The molecule has 0 unspecified atom stereocenters. The molecule has 3 rings (SSSR count). The van der Waals surface area contributed by atoms with Crippen LogP contribution in [0.3, 0.4) is 0 Å². The normalized spacial score (nSPS) is 11.1. The van der Waals surface area contributed by atoms with Crippen LogP contribution in [0.2, 0.25) is 5.02 Å². The second-order valence-electron chi connectivity index (χ2n) is 4.89. The Balaban J connectivity index is 2.05. The Bertz CT molecular complexity index is 790. The lowest BCUT2D eigenvalue weighted by Crippen LogP contribution is -2.09. The van der Waals surface area contributed by atoms with Crippen molar-refractivity contribution in [3.8, 4) is 0 Å². The summed E-state index contributed by atoms with van der Waals surface area (Å²) in [6.07, 6.45) is 5.25. The zero-order chi connectivity index (χ0) is 14.8. The van der Waals surface area contributed by atoms with E-state index in [1.54, 1.807) is 12.4 Å². The lowest BCUT2D eigenvalue weighted by Gasteiger charge is -2.07. The number of hydrogen-bond acceptors (Lipinski definition) is 3. The molecular formula is C15H15ClN4O. The van der Waals surface area contributed by atoms with Crippen LogP contribution in [0.25, 0.3) is 10.9 Å². The van der Waals surface area contributed by atoms with E-state index in [1.165, 1.54) is 0 Å². The Morgan fingerprint density at radius 3 is 3.00 bits per heavy atom. The first-order valence-corrected chi connectivity index (χ1v) is 7.21. The summed E-state index contributed by atoms with van der Waals surface area (Å²) in [5, 5.41) is 5.77. The van der Waals surface area contributed by atoms with Crippen LogP contribution in [0, 0.1) is 0 Å². The SMILES string of the molecule is CCCn1ncnc1Cn1cc(C=O)c2ccc(Cl)cc21. The number of aromatic nitrogens is 4. The van der Waals surface area contributed by atoms with Gasteiger partial charge in [0.25, 0.3) is 0 Å². The van der Waals surface area contributed by atoms with Crippen molar-refractivity contribution in [1.82, 2.24) is 19.3 Å². The van der Waals surface area contributed by atoms with E-state index in [-0.39, 0.29) is 0 Å². The minimum atomic E-state index is 0.560. The molecule has 0 saturated carbocycles. The van der Waals surface area contributed by atoms with Gasteiger partial charge in [0.2, 0.25) is 0 Å². The van der Waals surface area contributed by atoms with Gasteiger partial charge < -0.3 is 4.57 Å². The van der Waals surface area contributed by atoms with E-state index in [1.807, 2.05) is 27.6 Å². The van der Waals surface area contributed by atoms with Gasteiger partial charge in [-0.3, -0.25) is 4.79 Å². The topological polar surface area (TPSA) is 52.7 Å². The van der Waals surface area contributed by atoms with Gasteiger partial charge in [-0.25, -0.2) is 9.67 Å². The van der Waals surface area contributed by atoms with Crippen molar-refractivity contribution in [1.29, 1.82) is 0 Å². The Kier molecular flexibility index (Phi) is 3.75. The van der Waals surface area contributed by atoms with Gasteiger partial charge in [-0.2, -0.15) is 5.10 Å². The smallest absolute Gasteiger partial charge is 0.152 e. The predicted octanol–water partition coefficient (Wildman–Crippen LogP) is 3.16. The van der Waals surface area contributed by atoms with Crippen molar-refractivity contribution in [3.05, 3.63) is 47.1 Å². The van der Waals surface area contributed by atoms with Crippen LogP contribution in [0.15, 0.2) is 30.7 Å². The van der Waals surface area contributed by atoms with Crippen molar-refractivity contribution in [2.45, 2.75) is 26.4 Å². The molecule has 0 aliphatic rings. The molecule has 2 heterocycles. The number of aldehydes is 1. The summed E-state index contributed by atoms with van der Waals surface area (Å²) >= 11 is 6.07. The molecule has 0 N–H and O–H groups in total. The highest BCUT2D eigenvalue weighted by atomic mass is 35.5. The fourth-order valence-electron chi connectivity index (χ4n) is 2.48. The first kappa shape index (κ1) is 13.8. The Hall–Kier alpha value is -2.14. The fourth-order valence-corrected chi connectivity index (χ4v) is 2.65. The summed E-state index contributed by atoms with van der Waals surface area (Å²) in [6, 6.07) is 5.53. The number of benzene rings is 1. The van der Waals surface area contributed by atoms with Gasteiger partial charge in [0.05, 0.1) is 12.1 Å². The highest BCUT2D eigenvalue weighted by Gasteiger charge is 2.11. The van der Waals surface area contributed by atoms with E-state index >= 15 is 0 Å². The Morgan fingerprint density at radius 2 is 2.24 bits per heavy atom. The fraction of sp³-hybridized carbons (Fsp3) is 0.267. The molecule has 6 heteroatoms. The van der Waals surface area contributed by atoms with Crippen LogP contribution in [0.1, 0.15) is 29.5 Å². The van der Waals surface area contributed by atoms with E-state index in [2.05, 4.69) is 17.0 Å². The molecule has 21 heavy (non-hydrogen) atoms. The molecule has 0 amide bonds. The maximum Gasteiger partial charge on any atom is 0.152 e. The van der Waals surface area contributed by atoms with Crippen LogP contribution in [0.5, 0.6) is 0 Å². The van der Waals surface area contributed by atoms with Crippen molar-refractivity contribution in [2.75, 3.05) is 0 Å². The molecule has 1 aromatic carbocycles. The third kappa shape index (κ3) is 2.56. The largest absolute Gasteiger partial charge is 0.339 e. The van der Waals surface area contributed by atoms with Gasteiger partial charge in [-0.05, 0) is 18.6 Å². The van der Waals surface area contributed by atoms with Gasteiger partial charge in [0, 0.05) is 28.7 Å². The zero-order valence-corrected chi connectivity index (χ0v) is 12.4. The third-order valence-electron chi connectivity index (χ3n) is 3.45. The maximum atomic E-state index is 11.2. The van der Waals surface area contributed by atoms with Crippen molar-refractivity contribution >= 4 is 28.8 Å². The molecule has 3 aromatic rings. The summed E-state index contributed by atoms with van der Waals surface area (Å²) < 4.78 is 3.87. The predicted molar refractivity (Wildman–Crippen MR) is 81.8 cm³/mol. The quantitative estimate of drug-likeness (QED) is 0.680. The van der Waals surface area contributed by atoms with Crippen molar-refractivity contribution in [2.24, 2.45) is 0 Å². The summed E-state index contributed by atoms with van der Waals surface area (Å²) in [5.41, 5.74) is 1.58. The van der Waals surface area contributed by atoms with E-state index in [0.29, 0.717) is 17.1 Å². The second kappa shape index (κ2) is 5.69. The average Bonchev–Trinajstić information content (AvgIpc) is 3.05. The molecule has 0 bridgehead atoms. The van der Waals surface area contributed by atoms with E-state index in [9.17, 15) is 4.79 Å². The number of nitrogens with zero attached hydrogens (tertiary/aromatic N) is 4. The van der Waals surface area contributed by atoms with E-state index in [4.69, 9.17) is 11.6 Å². The summed E-state index contributed by atoms with van der Waals surface area (Å²) in [4.78, 5) is 15.5. The van der Waals surface area contributed by atoms with E-state index in [0.717, 1.165) is 36.0 Å². The Morgan fingerprint density at radius 1 is 1.38 bits per heavy atom. The average molecular weight is 303 g/mol. The molecule has 0 fully saturated rings. The summed E-state index contributed by atoms with van der Waals surface area (Å²) in [5.74, 6) is 0.867. The monoisotopic (exact) mass is 302 g/mol. The van der Waals surface area contributed by atoms with E-state index < -0.39 is 0 Å². The number of carbonyl (C=O) groups excluding carboxylic acids is 1. The minimum Gasteiger partial charge on any atom is -0.339 e. The maximum absolute atomic E-state index is 11.2. The lowest BCUT2D eigenvalue weighted by atomic mass is 10.2. The molecular weight excluding hydrogens is 288 g/mol. The van der Waals surface area contributed by atoms with Gasteiger partial charge >= 0.3 is 0 Å². The molecule has 0 aliphatic carbocycles. The second-order valence-corrected chi connectivity index (χ2v) is 5.33. The first-order valence-electron chi connectivity index (χ1n) is 6.83. The van der Waals surface area contributed by atoms with Crippen molar-refractivity contribution < 1.29 is 4.79 Å². The molecule has 2 aromatic heterocycles. The van der Waals surface area contributed by atoms with Crippen LogP contribution in [0.4, 0.5) is 0 Å². The molecule has 0 radical (unpaired) electrons. The molecule has 0 aliphatic heterocycles. The zero-order valence-electron chi connectivity index (χ0n) is 11.7. The van der Waals surface area contributed by atoms with Crippen molar-refractivity contribution in [3.63, 3.8) is 0 Å². The number of carbonyl (C=O) groups is 1. The van der Waals surface area contributed by atoms with Crippen LogP contribution >= 0.6 is 11.6 Å². The first-order chi connectivity index (χ1) is 10.2. The summed E-state index contributed by atoms with van der Waals surface area (Å²) in [7, 11) is 0. The molecule has 0 saturated heterocycles. The standard InChI is InChI=1S/C15H15ClN4O/c1-2-5-20-15(17-10-18-20)8-19-7-11(9-21)13-4-3-12(16)6-14(13)19/h3-4,6-7,9-10H,2,5,8H2,1H3. The van der Waals surface area contributed by atoms with Crippen LogP contribution < -0.4 is 0 Å². The summed E-state index contributed by atoms with van der Waals surface area (Å²) in [6.45, 7) is 3.49. The Labute approximate surface area is 127 Å². The third-order valence-corrected chi connectivity index (χ3v) is 3.68.